The van der Waals surface area contributed by atoms with E-state index in [0.717, 1.165) is 12.0 Å². The number of carbonyl (C=O) groups excluding carboxylic acids is 1. The molecule has 2 bridgehead atoms. The van der Waals surface area contributed by atoms with E-state index in [2.05, 4.69) is 13.5 Å². The van der Waals surface area contributed by atoms with Crippen LogP contribution in [0.15, 0.2) is 12.2 Å². The molecule has 4 aliphatic carbocycles. The molecule has 0 aromatic rings. The van der Waals surface area contributed by atoms with E-state index in [0.29, 0.717) is 51.4 Å². The number of ether oxygens (including phenoxy) is 8. The number of carbonyl (C=O) groups is 1. The molecular weight excluding hydrogens is 896 g/mol. The molecule has 384 valence electrons. The Morgan fingerprint density at radius 1 is 0.567 bits per heavy atom. The van der Waals surface area contributed by atoms with Gasteiger partial charge in [-0.3, -0.25) is 4.79 Å². The van der Waals surface area contributed by atoms with Gasteiger partial charge in [-0.2, -0.15) is 0 Å². The Morgan fingerprint density at radius 2 is 1.06 bits per heavy atom. The quantitative estimate of drug-likeness (QED) is 0.0494. The lowest BCUT2D eigenvalue weighted by atomic mass is 9.41. The lowest BCUT2D eigenvalue weighted by Gasteiger charge is -2.64. The molecule has 8 aliphatic rings. The van der Waals surface area contributed by atoms with E-state index in [-0.39, 0.29) is 17.3 Å². The summed E-state index contributed by atoms with van der Waals surface area (Å²) in [5.74, 6) is -0.743. The lowest BCUT2D eigenvalue weighted by molar-refractivity contribution is -0.391. The molecule has 0 amide bonds. The Hall–Kier alpha value is -1.63. The third-order valence-electron chi connectivity index (χ3n) is 17.1. The Kier molecular flexibility index (Phi) is 15.0. The van der Waals surface area contributed by atoms with Crippen LogP contribution in [-0.2, 0) is 42.7 Å². The Balaban J connectivity index is 1.00. The summed E-state index contributed by atoms with van der Waals surface area (Å²) >= 11 is 0. The van der Waals surface area contributed by atoms with Crippen molar-refractivity contribution < 1.29 is 114 Å². The smallest absolute Gasteiger partial charge is 0.314 e. The number of esters is 1. The van der Waals surface area contributed by atoms with Crippen molar-refractivity contribution in [3.8, 4) is 0 Å². The van der Waals surface area contributed by atoms with Gasteiger partial charge in [0.05, 0.1) is 37.4 Å². The fourth-order valence-corrected chi connectivity index (χ4v) is 13.5. The first-order chi connectivity index (χ1) is 31.6. The van der Waals surface area contributed by atoms with Crippen molar-refractivity contribution in [1.29, 1.82) is 0 Å². The van der Waals surface area contributed by atoms with Crippen LogP contribution in [-0.4, -0.2) is 232 Å². The molecule has 23 heteroatoms. The fourth-order valence-electron chi connectivity index (χ4n) is 13.5. The standard InChI is InChI=1S/C44H70O23/c1-17-11-43-9-5-22-41(2,7-4-8-42(22,3)40(59)66-37-32(57)29(54)25(50)19(13-46)61-37)23(43)6-10-44(17,16-43)67-39-35(30(55)26(51)20(14-47)63-39)65-38-33(58)34(27(52)21(15-48)62-38)64-36-31(56)28(53)24(49)18(12-45)60-36/h18-39,45-58H,1,4-16H2,2-3H3/t18-,19-,20-,21-,22+,23+,24-,25-,26-,27-,28+,29+,30+,31-,32-,33-,34+,35-,36-,37+,38+,39+,41-,42-,43-,44+/m1/s1. The minimum Gasteiger partial charge on any atom is -0.432 e. The third-order valence-corrected chi connectivity index (χ3v) is 17.1. The van der Waals surface area contributed by atoms with Crippen molar-refractivity contribution in [1.82, 2.24) is 0 Å². The zero-order valence-electron chi connectivity index (χ0n) is 37.5. The van der Waals surface area contributed by atoms with Crippen molar-refractivity contribution in [3.05, 3.63) is 12.2 Å². The van der Waals surface area contributed by atoms with Gasteiger partial charge in [0.1, 0.15) is 97.7 Å². The highest BCUT2D eigenvalue weighted by atomic mass is 16.8. The molecule has 0 aromatic carbocycles. The number of fused-ring (bicyclic) bond motifs is 3. The van der Waals surface area contributed by atoms with E-state index in [1.165, 1.54) is 0 Å². The summed E-state index contributed by atoms with van der Waals surface area (Å²) in [7, 11) is 0. The van der Waals surface area contributed by atoms with Gasteiger partial charge >= 0.3 is 5.97 Å². The first-order valence-electron chi connectivity index (χ1n) is 23.4. The van der Waals surface area contributed by atoms with Crippen LogP contribution in [0.1, 0.15) is 71.6 Å². The second-order valence-electron chi connectivity index (χ2n) is 20.8. The summed E-state index contributed by atoms with van der Waals surface area (Å²) in [6.07, 6.45) is -28.6. The molecule has 0 unspecified atom stereocenters. The first-order valence-corrected chi connectivity index (χ1v) is 23.4. The van der Waals surface area contributed by atoms with Crippen molar-refractivity contribution in [2.24, 2.45) is 28.1 Å². The summed E-state index contributed by atoms with van der Waals surface area (Å²) in [5.41, 5.74) is -2.16. The maximum atomic E-state index is 14.2. The SMILES string of the molecule is C=C1C[C@@]23CC[C@H]4[C@@](C)(CCC[C@@]4(C)C(=O)O[C@@H]4O[C@H](CO)[C@@H](O)[C@H](O)[C@H]4O)[C@@H]2CC[C@]1(O[C@@H]1O[C@H](CO)[C@@H](O)[C@H](O)[C@H]1O[C@@H]1O[C@H](CO)[C@@H](O)[C@H](O[C@H]2O[C@H](CO)[C@@H](O)[C@H](O)[C@H]2O)[C@H]1O)C3. The maximum absolute atomic E-state index is 14.2. The molecule has 26 atom stereocenters. The molecule has 0 radical (unpaired) electrons. The van der Waals surface area contributed by atoms with Crippen LogP contribution in [0, 0.1) is 28.1 Å². The van der Waals surface area contributed by atoms with Crippen LogP contribution >= 0.6 is 0 Å². The molecular formula is C44H70O23. The molecule has 0 aromatic heterocycles. The van der Waals surface area contributed by atoms with Gasteiger partial charge < -0.3 is 109 Å². The number of rotatable bonds is 12. The number of hydrogen-bond acceptors (Lipinski definition) is 23. The molecule has 14 N–H and O–H groups in total. The average molecular weight is 967 g/mol. The molecule has 23 nitrogen and oxygen atoms in total. The molecule has 4 saturated carbocycles. The van der Waals surface area contributed by atoms with Gasteiger partial charge in [-0.1, -0.05) is 19.9 Å². The largest absolute Gasteiger partial charge is 0.432 e. The summed E-state index contributed by atoms with van der Waals surface area (Å²) in [6.45, 7) is 5.45. The number of aliphatic hydroxyl groups is 14. The fraction of sp³-hybridized carbons (Fsp3) is 0.932. The van der Waals surface area contributed by atoms with Crippen molar-refractivity contribution in [2.75, 3.05) is 26.4 Å². The minimum absolute atomic E-state index is 0.0552. The lowest BCUT2D eigenvalue weighted by Crippen LogP contribution is -2.67. The predicted molar refractivity (Wildman–Crippen MR) is 219 cm³/mol. The molecule has 4 heterocycles. The average Bonchev–Trinajstić information content (AvgIpc) is 3.50. The zero-order valence-corrected chi connectivity index (χ0v) is 37.5. The molecule has 4 aliphatic heterocycles. The summed E-state index contributed by atoms with van der Waals surface area (Å²) in [4.78, 5) is 14.2. The number of hydrogen-bond donors (Lipinski definition) is 14. The van der Waals surface area contributed by atoms with E-state index >= 15 is 0 Å². The summed E-state index contributed by atoms with van der Waals surface area (Å²) in [6, 6.07) is 0. The van der Waals surface area contributed by atoms with Crippen LogP contribution in [0.3, 0.4) is 0 Å². The van der Waals surface area contributed by atoms with E-state index in [1.54, 1.807) is 0 Å². The Labute approximate surface area is 386 Å². The monoisotopic (exact) mass is 966 g/mol. The summed E-state index contributed by atoms with van der Waals surface area (Å²) in [5, 5.41) is 148. The molecule has 8 rings (SSSR count). The van der Waals surface area contributed by atoms with Crippen LogP contribution in [0.2, 0.25) is 0 Å². The zero-order chi connectivity index (χ0) is 48.7. The third kappa shape index (κ3) is 8.63. The van der Waals surface area contributed by atoms with E-state index in [9.17, 15) is 76.3 Å². The maximum Gasteiger partial charge on any atom is 0.314 e. The van der Waals surface area contributed by atoms with Crippen LogP contribution in [0.5, 0.6) is 0 Å². The van der Waals surface area contributed by atoms with Gasteiger partial charge in [0.25, 0.3) is 0 Å². The van der Waals surface area contributed by atoms with Gasteiger partial charge in [-0.15, -0.1) is 0 Å². The van der Waals surface area contributed by atoms with E-state index < -0.39 is 172 Å². The second kappa shape index (κ2) is 19.4. The molecule has 4 saturated heterocycles. The van der Waals surface area contributed by atoms with Crippen molar-refractivity contribution in [2.45, 2.75) is 200 Å². The highest BCUT2D eigenvalue weighted by Crippen LogP contribution is 2.73. The number of aliphatic hydroxyl groups excluding tert-OH is 14. The minimum atomic E-state index is -1.99. The molecule has 8 fully saturated rings. The first kappa shape index (κ1) is 51.7. The van der Waals surface area contributed by atoms with Gasteiger partial charge in [0.2, 0.25) is 6.29 Å². The van der Waals surface area contributed by atoms with Gasteiger partial charge in [0, 0.05) is 0 Å². The second-order valence-corrected chi connectivity index (χ2v) is 20.8. The van der Waals surface area contributed by atoms with Crippen LogP contribution < -0.4 is 0 Å². The van der Waals surface area contributed by atoms with E-state index in [1.807, 2.05) is 6.92 Å². The van der Waals surface area contributed by atoms with Crippen molar-refractivity contribution >= 4 is 5.97 Å². The highest BCUT2D eigenvalue weighted by molar-refractivity contribution is 5.77. The predicted octanol–water partition coefficient (Wildman–Crippen LogP) is -5.11. The van der Waals surface area contributed by atoms with Crippen molar-refractivity contribution in [3.63, 3.8) is 0 Å². The van der Waals surface area contributed by atoms with Gasteiger partial charge in [-0.05, 0) is 86.5 Å². The van der Waals surface area contributed by atoms with Gasteiger partial charge in [0.15, 0.2) is 18.9 Å². The molecule has 1 spiro atoms. The van der Waals surface area contributed by atoms with Gasteiger partial charge in [-0.25, -0.2) is 0 Å². The topological polar surface area (TPSA) is 374 Å². The van der Waals surface area contributed by atoms with Crippen LogP contribution in [0.4, 0.5) is 0 Å². The summed E-state index contributed by atoms with van der Waals surface area (Å²) < 4.78 is 47.3. The van der Waals surface area contributed by atoms with E-state index in [4.69, 9.17) is 37.9 Å². The molecule has 67 heavy (non-hydrogen) atoms. The Morgan fingerprint density at radius 3 is 1.66 bits per heavy atom. The highest BCUT2D eigenvalue weighted by Gasteiger charge is 2.69. The Bertz CT molecular complexity index is 1760. The van der Waals surface area contributed by atoms with Crippen LogP contribution in [0.25, 0.3) is 0 Å². The normalized spacial score (nSPS) is 54.5.